The maximum absolute atomic E-state index is 2.71. The second kappa shape index (κ2) is 11.1. The number of benzene rings is 3. The molecule has 5 heteroatoms. The molecular weight excluding hydrogens is 495 g/mol. The molecule has 0 aliphatic heterocycles. The smallest absolute Gasteiger partial charge is 1.00 e. The molecule has 0 N–H and O–H groups in total. The van der Waals surface area contributed by atoms with Gasteiger partial charge in [-0.25, -0.2) is 0 Å². The van der Waals surface area contributed by atoms with Crippen LogP contribution in [0.2, 0.25) is 12.1 Å². The molecule has 0 saturated heterocycles. The van der Waals surface area contributed by atoms with Crippen LogP contribution < -0.4 is 46.3 Å². The van der Waals surface area contributed by atoms with Crippen molar-refractivity contribution in [3.05, 3.63) is 83.9 Å². The molecule has 31 heavy (non-hydrogen) atoms. The second-order valence-electron chi connectivity index (χ2n) is 8.77. The molecule has 0 amide bonds. The van der Waals surface area contributed by atoms with E-state index in [2.05, 4.69) is 99.8 Å². The van der Waals surface area contributed by atoms with Gasteiger partial charge in [-0.1, -0.05) is 0 Å². The van der Waals surface area contributed by atoms with E-state index in [9.17, 15) is 0 Å². The maximum Gasteiger partial charge on any atom is -1.00 e. The van der Waals surface area contributed by atoms with Crippen LogP contribution in [0, 0.1) is 0 Å². The fourth-order valence-electron chi connectivity index (χ4n) is 6.02. The van der Waals surface area contributed by atoms with Gasteiger partial charge in [0.15, 0.2) is 0 Å². The van der Waals surface area contributed by atoms with E-state index in [0.717, 1.165) is 5.54 Å². The van der Waals surface area contributed by atoms with Gasteiger partial charge < -0.3 is 37.2 Å². The molecule has 2 aliphatic carbocycles. The van der Waals surface area contributed by atoms with Gasteiger partial charge in [-0.3, -0.25) is 0 Å². The third-order valence-corrected chi connectivity index (χ3v) is 13.7. The zero-order valence-electron chi connectivity index (χ0n) is 17.8. The van der Waals surface area contributed by atoms with Crippen LogP contribution in [0.5, 0.6) is 0 Å². The van der Waals surface area contributed by atoms with Gasteiger partial charge in [-0.05, 0) is 0 Å². The van der Waals surface area contributed by atoms with Gasteiger partial charge in [0.2, 0.25) is 0 Å². The van der Waals surface area contributed by atoms with Crippen LogP contribution in [0.1, 0.15) is 48.8 Å². The zero-order valence-corrected chi connectivity index (χ0v) is 22.6. The average Bonchev–Trinajstić information content (AvgIpc) is 3.11. The summed E-state index contributed by atoms with van der Waals surface area (Å²) in [5.41, 5.74) is 7.64. The number of rotatable bonds is 3. The van der Waals surface area contributed by atoms with Crippen LogP contribution in [-0.4, -0.2) is 8.07 Å². The molecule has 0 aromatic heterocycles. The third-order valence-electron chi connectivity index (χ3n) is 7.41. The van der Waals surface area contributed by atoms with Gasteiger partial charge in [0.1, 0.15) is 0 Å². The zero-order chi connectivity index (χ0) is 19.1. The Morgan fingerprint density at radius 1 is 0.710 bits per heavy atom. The molecular formula is C26H27Cl3SiTi. The number of halogens is 3. The number of fused-ring (bicyclic) bond motifs is 3. The van der Waals surface area contributed by atoms with Crippen molar-refractivity contribution in [2.45, 2.75) is 49.7 Å². The first-order chi connectivity index (χ1) is 13.7. The summed E-state index contributed by atoms with van der Waals surface area (Å²) in [7, 11) is -1.83. The van der Waals surface area contributed by atoms with Crippen molar-refractivity contribution in [3.8, 4) is 11.1 Å². The first kappa shape index (κ1) is 26.7. The molecule has 3 aromatic rings. The first-order valence-corrected chi connectivity index (χ1v) is 14.1. The SMILES string of the molecule is C[Si](c1ccccc1)(C1CCCCC1)C1c2ccccc2-c2ccc[c]([Ti+3])c21.[Cl-].[Cl-].[Cl-]. The van der Waals surface area contributed by atoms with Crippen molar-refractivity contribution in [1.29, 1.82) is 0 Å². The molecule has 5 rings (SSSR count). The van der Waals surface area contributed by atoms with Crippen LogP contribution in [0.3, 0.4) is 0 Å². The van der Waals surface area contributed by atoms with Crippen molar-refractivity contribution in [2.75, 3.05) is 0 Å². The molecule has 2 atom stereocenters. The summed E-state index contributed by atoms with van der Waals surface area (Å²) in [5.74, 6) is 0. The van der Waals surface area contributed by atoms with Crippen LogP contribution in [0.4, 0.5) is 0 Å². The fraction of sp³-hybridized carbons (Fsp3) is 0.308. The Morgan fingerprint density at radius 3 is 2.03 bits per heavy atom. The maximum atomic E-state index is 2.71. The second-order valence-corrected chi connectivity index (χ2v) is 14.1. The van der Waals surface area contributed by atoms with Crippen LogP contribution in [0.25, 0.3) is 11.1 Å². The Hall–Kier alpha value is -0.539. The largest absolute Gasteiger partial charge is 1.00 e. The summed E-state index contributed by atoms with van der Waals surface area (Å²) >= 11 is 2.33. The van der Waals surface area contributed by atoms with Crippen LogP contribution >= 0.6 is 0 Å². The number of hydrogen-bond donors (Lipinski definition) is 0. The Morgan fingerprint density at radius 2 is 1.32 bits per heavy atom. The van der Waals surface area contributed by atoms with E-state index in [4.69, 9.17) is 0 Å². The van der Waals surface area contributed by atoms with E-state index in [1.165, 1.54) is 47.1 Å². The molecule has 1 fully saturated rings. The Balaban J connectivity index is 0.00000114. The quantitative estimate of drug-likeness (QED) is 0.320. The van der Waals surface area contributed by atoms with Gasteiger partial charge in [0, 0.05) is 0 Å². The van der Waals surface area contributed by atoms with Gasteiger partial charge in [0.05, 0.1) is 0 Å². The topological polar surface area (TPSA) is 0 Å². The summed E-state index contributed by atoms with van der Waals surface area (Å²) in [4.78, 5) is 0. The molecule has 0 spiro atoms. The van der Waals surface area contributed by atoms with E-state index < -0.39 is 8.07 Å². The molecule has 1 saturated carbocycles. The van der Waals surface area contributed by atoms with Crippen LogP contribution in [-0.2, 0) is 20.4 Å². The Bertz CT molecular complexity index is 1000. The predicted molar refractivity (Wildman–Crippen MR) is 118 cm³/mol. The summed E-state index contributed by atoms with van der Waals surface area (Å²) in [5, 5.41) is 1.65. The molecule has 0 nitrogen and oxygen atoms in total. The molecule has 2 unspecified atom stereocenters. The normalized spacial score (nSPS) is 19.0. The minimum Gasteiger partial charge on any atom is -1.00 e. The predicted octanol–water partition coefficient (Wildman–Crippen LogP) is -3.16. The summed E-state index contributed by atoms with van der Waals surface area (Å²) in [6, 6.07) is 27.8. The third kappa shape index (κ3) is 4.47. The minimum atomic E-state index is -1.83. The van der Waals surface area contributed by atoms with E-state index >= 15 is 0 Å². The molecule has 0 bridgehead atoms. The monoisotopic (exact) mass is 520 g/mol. The molecule has 3 aromatic carbocycles. The number of hydrogen-bond acceptors (Lipinski definition) is 0. The van der Waals surface area contributed by atoms with Crippen molar-refractivity contribution in [1.82, 2.24) is 0 Å². The molecule has 2 aliphatic rings. The Labute approximate surface area is 218 Å². The van der Waals surface area contributed by atoms with Gasteiger partial charge >= 0.3 is 182 Å². The van der Waals surface area contributed by atoms with Crippen LogP contribution in [0.15, 0.2) is 72.8 Å². The summed E-state index contributed by atoms with van der Waals surface area (Å²) in [6.45, 7) is 2.71. The average molecular weight is 522 g/mol. The standard InChI is InChI=1S/C26H27Si.3ClH.Ti/c1-27(20-12-4-2-5-13-20,21-14-6-3-7-15-21)26-24-18-10-8-16-22(24)23-17-9-11-19-25(23)26;;;;/h2,4-5,8-13,16-18,21,26H,3,6-7,14-15H2,1H3;3*1H;/q;;;;+3/p-3. The minimum absolute atomic E-state index is 0. The van der Waals surface area contributed by atoms with Gasteiger partial charge in [-0.2, -0.15) is 0 Å². The van der Waals surface area contributed by atoms with Gasteiger partial charge in [0.25, 0.3) is 0 Å². The molecule has 0 radical (unpaired) electrons. The van der Waals surface area contributed by atoms with Crippen molar-refractivity contribution in [3.63, 3.8) is 0 Å². The van der Waals surface area contributed by atoms with E-state index in [-0.39, 0.29) is 37.2 Å². The van der Waals surface area contributed by atoms with Gasteiger partial charge in [-0.15, -0.1) is 0 Å². The van der Waals surface area contributed by atoms with E-state index in [1.54, 1.807) is 16.3 Å². The molecule has 160 valence electrons. The first-order valence-electron chi connectivity index (χ1n) is 10.7. The van der Waals surface area contributed by atoms with Crippen molar-refractivity contribution < 1.29 is 57.7 Å². The summed E-state index contributed by atoms with van der Waals surface area (Å²) < 4.78 is 1.48. The van der Waals surface area contributed by atoms with Crippen molar-refractivity contribution >= 4 is 17.1 Å². The van der Waals surface area contributed by atoms with Crippen molar-refractivity contribution in [2.24, 2.45) is 0 Å². The van der Waals surface area contributed by atoms with E-state index in [1.807, 2.05) is 0 Å². The summed E-state index contributed by atoms with van der Waals surface area (Å²) in [6.07, 6.45) is 7.08. The fourth-order valence-corrected chi connectivity index (χ4v) is 12.4. The molecule has 0 heterocycles. The Kier molecular flexibility index (Phi) is 9.53. The van der Waals surface area contributed by atoms with E-state index in [0.29, 0.717) is 5.54 Å².